The Balaban J connectivity index is 2.67. The molecule has 1 rings (SSSR count). The van der Waals surface area contributed by atoms with E-state index in [0.29, 0.717) is 23.4 Å². The Morgan fingerprint density at radius 1 is 1.39 bits per heavy atom. The first-order valence-electron chi connectivity index (χ1n) is 5.82. The Labute approximate surface area is 106 Å². The van der Waals surface area contributed by atoms with Gasteiger partial charge in [-0.25, -0.2) is 0 Å². The number of ether oxygens (including phenoxy) is 2. The first-order chi connectivity index (χ1) is 8.52. The van der Waals surface area contributed by atoms with Crippen molar-refractivity contribution in [3.63, 3.8) is 0 Å². The van der Waals surface area contributed by atoms with Gasteiger partial charge in [-0.15, -0.1) is 0 Å². The normalized spacial score (nSPS) is 9.94. The summed E-state index contributed by atoms with van der Waals surface area (Å²) in [6.07, 6.45) is 2.75. The molecule has 0 aromatic carbocycles. The average molecular weight is 251 g/mol. The number of carbonyl (C=O) groups is 2. The summed E-state index contributed by atoms with van der Waals surface area (Å²) in [7, 11) is 0. The number of esters is 2. The summed E-state index contributed by atoms with van der Waals surface area (Å²) in [5.74, 6) is -0.251. The predicted molar refractivity (Wildman–Crippen MR) is 65.0 cm³/mol. The maximum atomic E-state index is 11.2. The van der Waals surface area contributed by atoms with E-state index in [4.69, 9.17) is 9.47 Å². The van der Waals surface area contributed by atoms with Crippen molar-refractivity contribution >= 4 is 11.9 Å². The molecule has 5 heteroatoms. The van der Waals surface area contributed by atoms with Crippen LogP contribution >= 0.6 is 0 Å². The topological polar surface area (TPSA) is 65.5 Å². The average Bonchev–Trinajstić information content (AvgIpc) is 2.30. The van der Waals surface area contributed by atoms with E-state index in [-0.39, 0.29) is 12.6 Å². The largest absolute Gasteiger partial charge is 0.461 e. The van der Waals surface area contributed by atoms with E-state index in [1.54, 1.807) is 19.2 Å². The van der Waals surface area contributed by atoms with Crippen LogP contribution < -0.4 is 4.74 Å². The molecule has 0 saturated carbocycles. The molecule has 0 saturated heterocycles. The lowest BCUT2D eigenvalue weighted by Crippen LogP contribution is -2.07. The van der Waals surface area contributed by atoms with Crippen LogP contribution in [0.2, 0.25) is 0 Å². The molecule has 0 aliphatic heterocycles. The van der Waals surface area contributed by atoms with Gasteiger partial charge in [0.2, 0.25) is 0 Å². The highest BCUT2D eigenvalue weighted by atomic mass is 16.5. The molecule has 0 unspecified atom stereocenters. The zero-order valence-corrected chi connectivity index (χ0v) is 10.9. The second-order valence-electron chi connectivity index (χ2n) is 3.93. The Bertz CT molecular complexity index is 443. The maximum absolute atomic E-state index is 11.2. The van der Waals surface area contributed by atoms with Gasteiger partial charge < -0.3 is 9.47 Å². The molecule has 0 bridgehead atoms. The van der Waals surface area contributed by atoms with E-state index in [9.17, 15) is 9.59 Å². The van der Waals surface area contributed by atoms with Crippen LogP contribution in [0.4, 0.5) is 0 Å². The molecule has 98 valence electrons. The summed E-state index contributed by atoms with van der Waals surface area (Å²) >= 11 is 0. The Morgan fingerprint density at radius 2 is 2.11 bits per heavy atom. The zero-order chi connectivity index (χ0) is 13.5. The molecule has 1 aromatic heterocycles. The second kappa shape index (κ2) is 6.74. The summed E-state index contributed by atoms with van der Waals surface area (Å²) in [6, 6.07) is 1.66. The van der Waals surface area contributed by atoms with E-state index in [2.05, 4.69) is 4.98 Å². The van der Waals surface area contributed by atoms with Crippen LogP contribution in [0.15, 0.2) is 12.3 Å². The standard InChI is InChI=1S/C13H17NO4/c1-4-5-13(16)17-8-11-6-12(18-10(3)15)9(2)14-7-11/h6-7H,4-5,8H2,1-3H3. The lowest BCUT2D eigenvalue weighted by atomic mass is 10.2. The van der Waals surface area contributed by atoms with Crippen molar-refractivity contribution in [1.29, 1.82) is 0 Å². The number of hydrogen-bond donors (Lipinski definition) is 0. The van der Waals surface area contributed by atoms with Crippen molar-refractivity contribution in [2.45, 2.75) is 40.2 Å². The van der Waals surface area contributed by atoms with Gasteiger partial charge in [0, 0.05) is 25.1 Å². The summed E-state index contributed by atoms with van der Waals surface area (Å²) in [6.45, 7) is 5.12. The smallest absolute Gasteiger partial charge is 0.308 e. The van der Waals surface area contributed by atoms with Crippen LogP contribution in [0.5, 0.6) is 5.75 Å². The van der Waals surface area contributed by atoms with E-state index < -0.39 is 5.97 Å². The molecule has 0 aliphatic rings. The number of aromatic nitrogens is 1. The highest BCUT2D eigenvalue weighted by Crippen LogP contribution is 2.17. The highest BCUT2D eigenvalue weighted by molar-refractivity contribution is 5.70. The maximum Gasteiger partial charge on any atom is 0.308 e. The number of aryl methyl sites for hydroxylation is 1. The van der Waals surface area contributed by atoms with Crippen molar-refractivity contribution in [2.75, 3.05) is 0 Å². The number of pyridine rings is 1. The van der Waals surface area contributed by atoms with Crippen LogP contribution in [-0.4, -0.2) is 16.9 Å². The van der Waals surface area contributed by atoms with Crippen molar-refractivity contribution in [2.24, 2.45) is 0 Å². The highest BCUT2D eigenvalue weighted by Gasteiger charge is 2.07. The molecule has 0 aliphatic carbocycles. The van der Waals surface area contributed by atoms with Crippen molar-refractivity contribution in [1.82, 2.24) is 4.98 Å². The van der Waals surface area contributed by atoms with Crippen molar-refractivity contribution in [3.05, 3.63) is 23.5 Å². The van der Waals surface area contributed by atoms with Crippen LogP contribution in [-0.2, 0) is 20.9 Å². The van der Waals surface area contributed by atoms with Gasteiger partial charge in [0.05, 0.1) is 5.69 Å². The monoisotopic (exact) mass is 251 g/mol. The van der Waals surface area contributed by atoms with E-state index in [0.717, 1.165) is 6.42 Å². The first kappa shape index (κ1) is 14.2. The predicted octanol–water partition coefficient (Wildman–Crippen LogP) is 2.16. The van der Waals surface area contributed by atoms with Crippen LogP contribution in [0, 0.1) is 6.92 Å². The van der Waals surface area contributed by atoms with Gasteiger partial charge >= 0.3 is 11.9 Å². The lowest BCUT2D eigenvalue weighted by molar-refractivity contribution is -0.145. The van der Waals surface area contributed by atoms with Gasteiger partial charge in [-0.1, -0.05) is 6.92 Å². The molecule has 0 amide bonds. The van der Waals surface area contributed by atoms with Crippen LogP contribution in [0.25, 0.3) is 0 Å². The van der Waals surface area contributed by atoms with Gasteiger partial charge in [0.1, 0.15) is 6.61 Å². The fourth-order valence-corrected chi connectivity index (χ4v) is 1.33. The molecule has 0 atom stereocenters. The van der Waals surface area contributed by atoms with Gasteiger partial charge in [0.15, 0.2) is 5.75 Å². The molecule has 0 fully saturated rings. The Hall–Kier alpha value is -1.91. The molecule has 0 N–H and O–H groups in total. The SMILES string of the molecule is CCCC(=O)OCc1cnc(C)c(OC(C)=O)c1. The van der Waals surface area contributed by atoms with Crippen LogP contribution in [0.1, 0.15) is 37.9 Å². The minimum atomic E-state index is -0.403. The van der Waals surface area contributed by atoms with Gasteiger partial charge in [-0.05, 0) is 19.4 Å². The molecule has 5 nitrogen and oxygen atoms in total. The summed E-state index contributed by atoms with van der Waals surface area (Å²) in [4.78, 5) is 26.2. The Morgan fingerprint density at radius 3 is 2.72 bits per heavy atom. The summed E-state index contributed by atoms with van der Waals surface area (Å²) in [5.41, 5.74) is 1.31. The number of carbonyl (C=O) groups excluding carboxylic acids is 2. The molecule has 0 radical (unpaired) electrons. The van der Waals surface area contributed by atoms with Crippen molar-refractivity contribution in [3.8, 4) is 5.75 Å². The molecule has 1 aromatic rings. The third kappa shape index (κ3) is 4.53. The first-order valence-corrected chi connectivity index (χ1v) is 5.82. The van der Waals surface area contributed by atoms with Gasteiger partial charge in [-0.3, -0.25) is 14.6 Å². The van der Waals surface area contributed by atoms with E-state index >= 15 is 0 Å². The summed E-state index contributed by atoms with van der Waals surface area (Å²) in [5, 5.41) is 0. The number of nitrogens with zero attached hydrogens (tertiary/aromatic N) is 1. The summed E-state index contributed by atoms with van der Waals surface area (Å²) < 4.78 is 10.0. The molecule has 1 heterocycles. The van der Waals surface area contributed by atoms with Gasteiger partial charge in [0.25, 0.3) is 0 Å². The fraction of sp³-hybridized carbons (Fsp3) is 0.462. The zero-order valence-electron chi connectivity index (χ0n) is 10.9. The lowest BCUT2D eigenvalue weighted by Gasteiger charge is -2.08. The third-order valence-electron chi connectivity index (χ3n) is 2.20. The number of rotatable bonds is 5. The van der Waals surface area contributed by atoms with E-state index in [1.807, 2.05) is 6.92 Å². The molecular weight excluding hydrogens is 234 g/mol. The molecule has 18 heavy (non-hydrogen) atoms. The minimum absolute atomic E-state index is 0.139. The van der Waals surface area contributed by atoms with E-state index in [1.165, 1.54) is 6.92 Å². The molecule has 0 spiro atoms. The minimum Gasteiger partial charge on any atom is -0.461 e. The number of hydrogen-bond acceptors (Lipinski definition) is 5. The molecular formula is C13H17NO4. The second-order valence-corrected chi connectivity index (χ2v) is 3.93. The Kier molecular flexibility index (Phi) is 5.30. The third-order valence-corrected chi connectivity index (χ3v) is 2.20. The fourth-order valence-electron chi connectivity index (χ4n) is 1.33. The van der Waals surface area contributed by atoms with Crippen molar-refractivity contribution < 1.29 is 19.1 Å². The quantitative estimate of drug-likeness (QED) is 0.750. The van der Waals surface area contributed by atoms with Gasteiger partial charge in [-0.2, -0.15) is 0 Å². The van der Waals surface area contributed by atoms with Crippen LogP contribution in [0.3, 0.4) is 0 Å².